The van der Waals surface area contributed by atoms with Crippen molar-refractivity contribution in [2.24, 2.45) is 5.41 Å². The highest BCUT2D eigenvalue weighted by Crippen LogP contribution is 2.58. The minimum absolute atomic E-state index is 0.0423. The van der Waals surface area contributed by atoms with Crippen molar-refractivity contribution in [3.8, 4) is 5.75 Å². The van der Waals surface area contributed by atoms with E-state index < -0.39 is 4.75 Å². The molecular formula is C15H19NO2S. The molecule has 0 aromatic heterocycles. The predicted octanol–water partition coefficient (Wildman–Crippen LogP) is 3.31. The average molecular weight is 277 g/mol. The molecule has 0 bridgehead atoms. The van der Waals surface area contributed by atoms with Crippen LogP contribution >= 0.6 is 11.8 Å². The molecule has 1 aliphatic rings. The van der Waals surface area contributed by atoms with Crippen LogP contribution in [0, 0.1) is 5.41 Å². The fourth-order valence-corrected chi connectivity index (χ4v) is 3.78. The Bertz CT molecular complexity index is 530. The maximum atomic E-state index is 12.8. The number of likely N-dealkylation sites (N-methyl/N-ethyl adjacent to an activating group) is 1. The van der Waals surface area contributed by atoms with Crippen molar-refractivity contribution in [3.63, 3.8) is 0 Å². The van der Waals surface area contributed by atoms with Gasteiger partial charge in [0.25, 0.3) is 0 Å². The third-order valence-corrected chi connectivity index (χ3v) is 5.42. The third-order valence-electron chi connectivity index (χ3n) is 3.58. The van der Waals surface area contributed by atoms with E-state index in [0.29, 0.717) is 0 Å². The number of carbonyl (C=O) groups is 1. The second-order valence-corrected chi connectivity index (χ2v) is 7.13. The maximum absolute atomic E-state index is 12.8. The second kappa shape index (κ2) is 4.30. The number of phenolic OH excluding ortho intramolecular Hbond substituents is 1. The van der Waals surface area contributed by atoms with E-state index >= 15 is 0 Å². The van der Waals surface area contributed by atoms with Crippen LogP contribution in [-0.2, 0) is 9.54 Å². The monoisotopic (exact) mass is 277 g/mol. The Morgan fingerprint density at radius 1 is 1.26 bits per heavy atom. The Labute approximate surface area is 118 Å². The Morgan fingerprint density at radius 2 is 1.79 bits per heavy atom. The van der Waals surface area contributed by atoms with Crippen LogP contribution in [0.2, 0.25) is 0 Å². The standard InChI is InChI=1S/C15H19NO2S/c1-10-16(5)13(18)15(19-10,14(2,3)4)11-6-8-12(17)9-7-11/h6-9,17H,1H2,2-5H3. The van der Waals surface area contributed by atoms with Crippen LogP contribution in [0.3, 0.4) is 0 Å². The number of thioether (sulfide) groups is 1. The number of carbonyl (C=O) groups excluding carboxylic acids is 1. The van der Waals surface area contributed by atoms with Crippen molar-refractivity contribution in [1.29, 1.82) is 0 Å². The molecule has 1 heterocycles. The molecule has 0 spiro atoms. The molecule has 19 heavy (non-hydrogen) atoms. The van der Waals surface area contributed by atoms with E-state index in [2.05, 4.69) is 27.4 Å². The Kier molecular flexibility index (Phi) is 3.17. The number of aromatic hydroxyl groups is 1. The molecule has 0 saturated carbocycles. The molecule has 1 aromatic rings. The summed E-state index contributed by atoms with van der Waals surface area (Å²) in [4.78, 5) is 14.4. The van der Waals surface area contributed by atoms with Crippen LogP contribution < -0.4 is 0 Å². The summed E-state index contributed by atoms with van der Waals surface area (Å²) in [7, 11) is 1.76. The topological polar surface area (TPSA) is 40.5 Å². The van der Waals surface area contributed by atoms with Gasteiger partial charge in [0.15, 0.2) is 0 Å². The molecule has 1 fully saturated rings. The highest BCUT2D eigenvalue weighted by molar-refractivity contribution is 8.05. The lowest BCUT2D eigenvalue weighted by Crippen LogP contribution is -2.44. The Balaban J connectivity index is 2.64. The number of nitrogens with zero attached hydrogens (tertiary/aromatic N) is 1. The van der Waals surface area contributed by atoms with Crippen molar-refractivity contribution in [3.05, 3.63) is 41.4 Å². The highest BCUT2D eigenvalue weighted by atomic mass is 32.2. The molecule has 1 aliphatic heterocycles. The van der Waals surface area contributed by atoms with Crippen LogP contribution in [0.4, 0.5) is 0 Å². The van der Waals surface area contributed by atoms with E-state index in [9.17, 15) is 9.90 Å². The van der Waals surface area contributed by atoms with Crippen molar-refractivity contribution in [2.75, 3.05) is 7.05 Å². The van der Waals surface area contributed by atoms with Crippen LogP contribution in [-0.4, -0.2) is 23.0 Å². The van der Waals surface area contributed by atoms with E-state index in [1.54, 1.807) is 24.1 Å². The molecule has 3 nitrogen and oxygen atoms in total. The van der Waals surface area contributed by atoms with Crippen LogP contribution in [0.25, 0.3) is 0 Å². The lowest BCUT2D eigenvalue weighted by atomic mass is 9.74. The zero-order chi connectivity index (χ0) is 14.4. The van der Waals surface area contributed by atoms with E-state index in [0.717, 1.165) is 10.6 Å². The first-order valence-corrected chi connectivity index (χ1v) is 6.97. The third kappa shape index (κ3) is 1.94. The van der Waals surface area contributed by atoms with Crippen molar-refractivity contribution in [2.45, 2.75) is 25.5 Å². The summed E-state index contributed by atoms with van der Waals surface area (Å²) in [5.41, 5.74) is 0.637. The van der Waals surface area contributed by atoms with Crippen molar-refractivity contribution < 1.29 is 9.90 Å². The zero-order valence-electron chi connectivity index (χ0n) is 11.7. The van der Waals surface area contributed by atoms with Gasteiger partial charge in [-0.15, -0.1) is 0 Å². The van der Waals surface area contributed by atoms with Gasteiger partial charge in [0.05, 0.1) is 5.03 Å². The molecule has 0 aliphatic carbocycles. The summed E-state index contributed by atoms with van der Waals surface area (Å²) in [5, 5.41) is 10.2. The molecule has 1 unspecified atom stereocenters. The maximum Gasteiger partial charge on any atom is 0.248 e. The second-order valence-electron chi connectivity index (χ2n) is 5.84. The Morgan fingerprint density at radius 3 is 2.16 bits per heavy atom. The molecule has 1 saturated heterocycles. The normalized spacial score (nSPS) is 24.1. The first-order valence-electron chi connectivity index (χ1n) is 6.16. The molecule has 1 atom stereocenters. The number of amides is 1. The number of hydrogen-bond acceptors (Lipinski definition) is 3. The number of benzene rings is 1. The van der Waals surface area contributed by atoms with Gasteiger partial charge in [-0.1, -0.05) is 51.2 Å². The fourth-order valence-electron chi connectivity index (χ4n) is 2.42. The van der Waals surface area contributed by atoms with Gasteiger partial charge in [-0.2, -0.15) is 0 Å². The molecule has 4 heteroatoms. The smallest absolute Gasteiger partial charge is 0.248 e. The zero-order valence-corrected chi connectivity index (χ0v) is 12.5. The summed E-state index contributed by atoms with van der Waals surface area (Å²) in [6.07, 6.45) is 0. The summed E-state index contributed by atoms with van der Waals surface area (Å²) < 4.78 is -0.688. The molecule has 1 amide bonds. The van der Waals surface area contributed by atoms with Gasteiger partial charge in [0.2, 0.25) is 5.91 Å². The van der Waals surface area contributed by atoms with Gasteiger partial charge in [-0.25, -0.2) is 0 Å². The molecule has 2 rings (SSSR count). The van der Waals surface area contributed by atoms with Crippen LogP contribution in [0.5, 0.6) is 5.75 Å². The number of phenols is 1. The largest absolute Gasteiger partial charge is 0.508 e. The number of rotatable bonds is 1. The first-order chi connectivity index (χ1) is 8.70. The SMILES string of the molecule is C=C1SC(c2ccc(O)cc2)(C(C)(C)C)C(=O)N1C. The van der Waals surface area contributed by atoms with Gasteiger partial charge in [0, 0.05) is 7.05 Å². The van der Waals surface area contributed by atoms with Gasteiger partial charge in [-0.3, -0.25) is 4.79 Å². The quantitative estimate of drug-likeness (QED) is 0.856. The van der Waals surface area contributed by atoms with Crippen molar-refractivity contribution in [1.82, 2.24) is 4.90 Å². The van der Waals surface area contributed by atoms with E-state index in [1.165, 1.54) is 11.8 Å². The summed E-state index contributed by atoms with van der Waals surface area (Å²) >= 11 is 1.50. The fraction of sp³-hybridized carbons (Fsp3) is 0.400. The molecule has 1 aromatic carbocycles. The van der Waals surface area contributed by atoms with Gasteiger partial charge >= 0.3 is 0 Å². The average Bonchev–Trinajstić information content (AvgIpc) is 2.55. The number of hydrogen-bond donors (Lipinski definition) is 1. The predicted molar refractivity (Wildman–Crippen MR) is 78.7 cm³/mol. The van der Waals surface area contributed by atoms with Crippen LogP contribution in [0.15, 0.2) is 35.9 Å². The Hall–Kier alpha value is -1.42. The van der Waals surface area contributed by atoms with Gasteiger partial charge in [-0.05, 0) is 23.1 Å². The summed E-state index contributed by atoms with van der Waals surface area (Å²) in [6, 6.07) is 6.88. The molecule has 0 radical (unpaired) electrons. The minimum atomic E-state index is -0.688. The minimum Gasteiger partial charge on any atom is -0.508 e. The van der Waals surface area contributed by atoms with Gasteiger partial charge in [0.1, 0.15) is 10.5 Å². The lowest BCUT2D eigenvalue weighted by molar-refractivity contribution is -0.132. The lowest BCUT2D eigenvalue weighted by Gasteiger charge is -2.38. The summed E-state index contributed by atoms with van der Waals surface area (Å²) in [6.45, 7) is 10.1. The highest BCUT2D eigenvalue weighted by Gasteiger charge is 2.57. The van der Waals surface area contributed by atoms with E-state index in [1.807, 2.05) is 12.1 Å². The molecule has 1 N–H and O–H groups in total. The summed E-state index contributed by atoms with van der Waals surface area (Å²) in [5.74, 6) is 0.246. The van der Waals surface area contributed by atoms with E-state index in [4.69, 9.17) is 0 Å². The first kappa shape index (κ1) is 14.0. The molecule has 102 valence electrons. The molecular weight excluding hydrogens is 258 g/mol. The van der Waals surface area contributed by atoms with Crippen molar-refractivity contribution >= 4 is 17.7 Å². The van der Waals surface area contributed by atoms with Crippen LogP contribution in [0.1, 0.15) is 26.3 Å². The van der Waals surface area contributed by atoms with E-state index in [-0.39, 0.29) is 17.1 Å². The van der Waals surface area contributed by atoms with Gasteiger partial charge < -0.3 is 10.0 Å².